The highest BCUT2D eigenvalue weighted by atomic mass is 32.1. The number of benzene rings is 1. The second kappa shape index (κ2) is 7.92. The number of rotatable bonds is 5. The lowest BCUT2D eigenvalue weighted by Crippen LogP contribution is -2.21. The molecule has 1 aromatic carbocycles. The molecule has 0 unspecified atom stereocenters. The zero-order valence-electron chi connectivity index (χ0n) is 14.1. The average molecular weight is 353 g/mol. The van der Waals surface area contributed by atoms with Gasteiger partial charge in [0.1, 0.15) is 5.75 Å². The number of aliphatic imine (C=N–C) groups is 1. The fourth-order valence-electron chi connectivity index (χ4n) is 2.33. The minimum absolute atomic E-state index is 0.321. The first-order chi connectivity index (χ1) is 12.2. The summed E-state index contributed by atoms with van der Waals surface area (Å²) in [7, 11) is 0. The molecule has 0 aliphatic heterocycles. The first-order valence-electron chi connectivity index (χ1n) is 7.85. The van der Waals surface area contributed by atoms with Crippen LogP contribution < -0.4 is 10.2 Å². The molecule has 0 aliphatic rings. The van der Waals surface area contributed by atoms with E-state index in [0.29, 0.717) is 23.8 Å². The van der Waals surface area contributed by atoms with E-state index in [-0.39, 0.29) is 0 Å². The predicted octanol–water partition coefficient (Wildman–Crippen LogP) is 4.48. The molecule has 6 heteroatoms. The van der Waals surface area contributed by atoms with Gasteiger partial charge in [-0.3, -0.25) is 15.7 Å². The number of nitrogens with zero attached hydrogens (tertiary/aromatic N) is 2. The van der Waals surface area contributed by atoms with Crippen LogP contribution in [0.5, 0.6) is 11.6 Å². The van der Waals surface area contributed by atoms with Crippen molar-refractivity contribution in [3.63, 3.8) is 0 Å². The normalized spacial score (nSPS) is 11.4. The van der Waals surface area contributed by atoms with E-state index in [1.54, 1.807) is 23.6 Å². The molecule has 0 atom stereocenters. The highest BCUT2D eigenvalue weighted by Crippen LogP contribution is 2.28. The van der Waals surface area contributed by atoms with E-state index in [1.807, 2.05) is 55.6 Å². The lowest BCUT2D eigenvalue weighted by Gasteiger charge is -2.13. The molecule has 0 saturated heterocycles. The highest BCUT2D eigenvalue weighted by Gasteiger charge is 2.13. The Balaban J connectivity index is 1.91. The number of nitrogens with one attached hydrogen (secondary N) is 1. The van der Waals surface area contributed by atoms with Gasteiger partial charge < -0.3 is 4.74 Å². The molecule has 2 N–H and O–H groups in total. The summed E-state index contributed by atoms with van der Waals surface area (Å²) in [5, 5.41) is 11.5. The summed E-state index contributed by atoms with van der Waals surface area (Å²) in [5.74, 6) is 1.44. The van der Waals surface area contributed by atoms with Crippen molar-refractivity contribution >= 4 is 17.2 Å². The third kappa shape index (κ3) is 4.04. The molecule has 0 aliphatic carbocycles. The number of hydrogen-bond acceptors (Lipinski definition) is 5. The first-order valence-corrected chi connectivity index (χ1v) is 8.73. The number of aryl methyl sites for hydroxylation is 1. The van der Waals surface area contributed by atoms with Gasteiger partial charge in [-0.2, -0.15) is 0 Å². The van der Waals surface area contributed by atoms with Gasteiger partial charge in [-0.15, -0.1) is 11.3 Å². The van der Waals surface area contributed by atoms with Crippen molar-refractivity contribution < 1.29 is 9.94 Å². The summed E-state index contributed by atoms with van der Waals surface area (Å²) < 4.78 is 6.00. The van der Waals surface area contributed by atoms with Gasteiger partial charge in [0.05, 0.1) is 12.1 Å². The Morgan fingerprint density at radius 1 is 1.20 bits per heavy atom. The molecule has 0 radical (unpaired) electrons. The molecule has 0 spiro atoms. The number of aromatic nitrogens is 1. The van der Waals surface area contributed by atoms with Crippen LogP contribution in [-0.4, -0.2) is 16.0 Å². The molecule has 0 amide bonds. The van der Waals surface area contributed by atoms with Crippen LogP contribution in [-0.2, 0) is 6.54 Å². The summed E-state index contributed by atoms with van der Waals surface area (Å²) in [6, 6.07) is 13.4. The Labute approximate surface area is 150 Å². The number of pyridine rings is 1. The summed E-state index contributed by atoms with van der Waals surface area (Å²) in [5.41, 5.74) is 4.96. The van der Waals surface area contributed by atoms with Gasteiger partial charge in [-0.25, -0.2) is 4.98 Å². The zero-order chi connectivity index (χ0) is 17.6. The van der Waals surface area contributed by atoms with Gasteiger partial charge in [-0.05, 0) is 54.6 Å². The minimum atomic E-state index is 0.321. The van der Waals surface area contributed by atoms with E-state index in [9.17, 15) is 5.21 Å². The lowest BCUT2D eigenvalue weighted by atomic mass is 10.1. The lowest BCUT2D eigenvalue weighted by molar-refractivity contribution is 0.234. The smallest absolute Gasteiger partial charge is 0.230 e. The van der Waals surface area contributed by atoms with Crippen LogP contribution in [0.2, 0.25) is 0 Å². The van der Waals surface area contributed by atoms with Crippen molar-refractivity contribution in [1.82, 2.24) is 10.5 Å². The number of thiophene rings is 1. The summed E-state index contributed by atoms with van der Waals surface area (Å²) in [4.78, 5) is 9.86. The molecule has 0 fully saturated rings. The van der Waals surface area contributed by atoms with E-state index in [4.69, 9.17) is 4.74 Å². The quantitative estimate of drug-likeness (QED) is 0.403. The minimum Gasteiger partial charge on any atom is -0.438 e. The van der Waals surface area contributed by atoms with Crippen LogP contribution in [0.1, 0.15) is 21.6 Å². The third-order valence-corrected chi connectivity index (χ3v) is 4.73. The fourth-order valence-corrected chi connectivity index (χ4v) is 2.96. The predicted molar refractivity (Wildman–Crippen MR) is 99.7 cm³/mol. The maximum absolute atomic E-state index is 9.54. The maximum Gasteiger partial charge on any atom is 0.230 e. The molecule has 5 nitrogen and oxygen atoms in total. The number of hydrogen-bond donors (Lipinski definition) is 2. The summed E-state index contributed by atoms with van der Waals surface area (Å²) >= 11 is 1.62. The van der Waals surface area contributed by atoms with Crippen LogP contribution in [0, 0.1) is 13.8 Å². The van der Waals surface area contributed by atoms with Crippen molar-refractivity contribution in [3.05, 3.63) is 75.6 Å². The monoisotopic (exact) mass is 353 g/mol. The number of ether oxygens (including phenoxy) is 1. The Morgan fingerprint density at radius 3 is 2.84 bits per heavy atom. The van der Waals surface area contributed by atoms with E-state index in [2.05, 4.69) is 15.5 Å². The van der Waals surface area contributed by atoms with Gasteiger partial charge in [0, 0.05) is 11.1 Å². The Hall–Kier alpha value is -2.70. The molecule has 2 aromatic heterocycles. The Bertz CT molecular complexity index is 876. The zero-order valence-corrected chi connectivity index (χ0v) is 14.9. The molecule has 3 rings (SSSR count). The summed E-state index contributed by atoms with van der Waals surface area (Å²) in [6.07, 6.45) is 1.65. The largest absolute Gasteiger partial charge is 0.438 e. The van der Waals surface area contributed by atoms with Gasteiger partial charge >= 0.3 is 0 Å². The van der Waals surface area contributed by atoms with E-state index < -0.39 is 0 Å². The van der Waals surface area contributed by atoms with Crippen LogP contribution in [0.4, 0.5) is 0 Å². The standard InChI is InChI=1S/C19H19N3O2S/c1-13-6-3-9-17(14(13)2)24-19-16(8-4-10-20-19)18(22-23)21-12-15-7-5-11-25-15/h3-11,23H,12H2,1-2H3,(H,21,22). The van der Waals surface area contributed by atoms with Crippen LogP contribution in [0.15, 0.2) is 59.0 Å². The topological polar surface area (TPSA) is 66.7 Å². The Morgan fingerprint density at radius 2 is 2.08 bits per heavy atom. The van der Waals surface area contributed by atoms with Gasteiger partial charge in [0.15, 0.2) is 5.84 Å². The van der Waals surface area contributed by atoms with E-state index in [0.717, 1.165) is 21.8 Å². The van der Waals surface area contributed by atoms with Crippen molar-refractivity contribution in [3.8, 4) is 11.6 Å². The molecule has 0 saturated carbocycles. The maximum atomic E-state index is 9.54. The fraction of sp³-hybridized carbons (Fsp3) is 0.158. The second-order valence-corrected chi connectivity index (χ2v) is 6.54. The summed E-state index contributed by atoms with van der Waals surface area (Å²) in [6.45, 7) is 4.51. The molecular weight excluding hydrogens is 334 g/mol. The van der Waals surface area contributed by atoms with Gasteiger partial charge in [0.25, 0.3) is 0 Å². The van der Waals surface area contributed by atoms with Crippen molar-refractivity contribution in [2.75, 3.05) is 0 Å². The van der Waals surface area contributed by atoms with E-state index in [1.165, 1.54) is 0 Å². The SMILES string of the molecule is Cc1cccc(Oc2ncccc2C(=NCc2cccs2)NO)c1C. The van der Waals surface area contributed by atoms with Crippen LogP contribution in [0.25, 0.3) is 0 Å². The van der Waals surface area contributed by atoms with Crippen molar-refractivity contribution in [2.24, 2.45) is 4.99 Å². The molecular formula is C19H19N3O2S. The number of amidine groups is 1. The van der Waals surface area contributed by atoms with Crippen LogP contribution in [0.3, 0.4) is 0 Å². The molecule has 25 heavy (non-hydrogen) atoms. The average Bonchev–Trinajstić information content (AvgIpc) is 3.14. The first kappa shape index (κ1) is 17.1. The van der Waals surface area contributed by atoms with Crippen molar-refractivity contribution in [2.45, 2.75) is 20.4 Å². The molecule has 2 heterocycles. The molecule has 0 bridgehead atoms. The second-order valence-electron chi connectivity index (χ2n) is 5.51. The number of hydroxylamine groups is 1. The Kier molecular flexibility index (Phi) is 5.42. The molecule has 128 valence electrons. The van der Waals surface area contributed by atoms with E-state index >= 15 is 0 Å². The van der Waals surface area contributed by atoms with Crippen molar-refractivity contribution in [1.29, 1.82) is 0 Å². The third-order valence-electron chi connectivity index (χ3n) is 3.87. The van der Waals surface area contributed by atoms with Gasteiger partial charge in [0.2, 0.25) is 5.88 Å². The molecule has 3 aromatic rings. The van der Waals surface area contributed by atoms with Gasteiger partial charge in [-0.1, -0.05) is 18.2 Å². The van der Waals surface area contributed by atoms with Crippen LogP contribution >= 0.6 is 11.3 Å². The highest BCUT2D eigenvalue weighted by molar-refractivity contribution is 7.09.